The van der Waals surface area contributed by atoms with Gasteiger partial charge < -0.3 is 4.74 Å². The number of benzene rings is 3. The van der Waals surface area contributed by atoms with E-state index in [1.165, 1.54) is 12.1 Å². The number of nitrogens with zero attached hydrogens (tertiary/aromatic N) is 2. The Morgan fingerprint density at radius 3 is 2.69 bits per heavy atom. The van der Waals surface area contributed by atoms with Crippen LogP contribution in [0.4, 0.5) is 5.69 Å². The summed E-state index contributed by atoms with van der Waals surface area (Å²) in [5.74, 6) is 0.561. The van der Waals surface area contributed by atoms with E-state index >= 15 is 0 Å². The second kappa shape index (κ2) is 9.37. The van der Waals surface area contributed by atoms with E-state index < -0.39 is 4.92 Å². The fourth-order valence-corrected chi connectivity index (χ4v) is 3.23. The van der Waals surface area contributed by atoms with Gasteiger partial charge in [-0.1, -0.05) is 57.9 Å². The summed E-state index contributed by atoms with van der Waals surface area (Å²) in [7, 11) is 0. The molecule has 3 aromatic rings. The summed E-state index contributed by atoms with van der Waals surface area (Å²) < 4.78 is 6.75. The van der Waals surface area contributed by atoms with Crippen LogP contribution in [0.5, 0.6) is 5.75 Å². The molecule has 29 heavy (non-hydrogen) atoms. The summed E-state index contributed by atoms with van der Waals surface area (Å²) >= 11 is 9.61. The summed E-state index contributed by atoms with van der Waals surface area (Å²) in [6.45, 7) is 0.265. The minimum Gasteiger partial charge on any atom is -0.488 e. The normalized spacial score (nSPS) is 11.0. The highest BCUT2D eigenvalue weighted by Gasteiger charge is 2.11. The van der Waals surface area contributed by atoms with Crippen molar-refractivity contribution in [2.75, 3.05) is 0 Å². The molecule has 0 aliphatic rings. The number of nitro benzene ring substituents is 1. The van der Waals surface area contributed by atoms with Gasteiger partial charge in [-0.3, -0.25) is 10.1 Å². The number of non-ortho nitro benzene ring substituents is 1. The van der Waals surface area contributed by atoms with Crippen LogP contribution in [-0.2, 0) is 6.61 Å². The molecule has 0 aliphatic heterocycles. The molecule has 0 spiro atoms. The number of allylic oxidation sites excluding steroid dienone is 1. The van der Waals surface area contributed by atoms with E-state index in [2.05, 4.69) is 22.0 Å². The van der Waals surface area contributed by atoms with Crippen LogP contribution in [-0.4, -0.2) is 4.92 Å². The molecule has 0 unspecified atom stereocenters. The molecule has 0 saturated carbocycles. The van der Waals surface area contributed by atoms with E-state index in [1.807, 2.05) is 30.3 Å². The lowest BCUT2D eigenvalue weighted by Crippen LogP contribution is -1.98. The zero-order chi connectivity index (χ0) is 20.8. The van der Waals surface area contributed by atoms with Crippen LogP contribution in [0.15, 0.2) is 71.2 Å². The Labute approximate surface area is 181 Å². The molecule has 0 aliphatic carbocycles. The van der Waals surface area contributed by atoms with Crippen molar-refractivity contribution in [3.05, 3.63) is 103 Å². The lowest BCUT2D eigenvalue weighted by atomic mass is 10.0. The number of hydrogen-bond acceptors (Lipinski definition) is 4. The third kappa shape index (κ3) is 5.23. The summed E-state index contributed by atoms with van der Waals surface area (Å²) in [5, 5.41) is 21.3. The van der Waals surface area contributed by atoms with Crippen molar-refractivity contribution in [3.8, 4) is 11.8 Å². The number of hydrogen-bond donors (Lipinski definition) is 0. The Bertz CT molecular complexity index is 1140. The first-order valence-electron chi connectivity index (χ1n) is 8.50. The SMILES string of the molecule is N#CC(=Cc1cc(Br)ccc1OCc1ccccc1Cl)c1cccc([N+](=O)[O-])c1. The maximum Gasteiger partial charge on any atom is 0.270 e. The van der Waals surface area contributed by atoms with Gasteiger partial charge in [0.2, 0.25) is 0 Å². The standard InChI is InChI=1S/C22H14BrClN2O3/c23-19-8-9-22(29-14-16-4-1-2-7-21(16)24)17(11-19)10-18(13-25)15-5-3-6-20(12-15)26(27)28/h1-12H,14H2. The van der Waals surface area contributed by atoms with Crippen LogP contribution in [0, 0.1) is 21.4 Å². The molecular weight excluding hydrogens is 456 g/mol. The Kier molecular flexibility index (Phi) is 6.65. The maximum atomic E-state index is 11.0. The minimum atomic E-state index is -0.490. The topological polar surface area (TPSA) is 76.2 Å². The fourth-order valence-electron chi connectivity index (χ4n) is 2.66. The Hall–Kier alpha value is -3.14. The largest absolute Gasteiger partial charge is 0.488 e. The molecule has 3 aromatic carbocycles. The molecule has 0 radical (unpaired) electrons. The van der Waals surface area contributed by atoms with Gasteiger partial charge in [-0.05, 0) is 35.9 Å². The molecule has 0 bridgehead atoms. The van der Waals surface area contributed by atoms with E-state index in [4.69, 9.17) is 16.3 Å². The van der Waals surface area contributed by atoms with Crippen LogP contribution >= 0.6 is 27.5 Å². The van der Waals surface area contributed by atoms with E-state index in [0.717, 1.165) is 10.0 Å². The van der Waals surface area contributed by atoms with Gasteiger partial charge in [-0.2, -0.15) is 5.26 Å². The Balaban J connectivity index is 1.96. The van der Waals surface area contributed by atoms with Crippen molar-refractivity contribution in [1.29, 1.82) is 5.26 Å². The number of rotatable bonds is 6. The average Bonchev–Trinajstić information content (AvgIpc) is 2.72. The molecule has 5 nitrogen and oxygen atoms in total. The van der Waals surface area contributed by atoms with E-state index in [-0.39, 0.29) is 17.9 Å². The van der Waals surface area contributed by atoms with Crippen LogP contribution in [0.25, 0.3) is 11.6 Å². The molecule has 0 heterocycles. The number of halogens is 2. The third-order valence-corrected chi connectivity index (χ3v) is 4.96. The second-order valence-electron chi connectivity index (χ2n) is 6.04. The lowest BCUT2D eigenvalue weighted by Gasteiger charge is -2.11. The van der Waals surface area contributed by atoms with Crippen molar-refractivity contribution < 1.29 is 9.66 Å². The smallest absolute Gasteiger partial charge is 0.270 e. The zero-order valence-corrected chi connectivity index (χ0v) is 17.4. The maximum absolute atomic E-state index is 11.0. The van der Waals surface area contributed by atoms with Crippen molar-refractivity contribution >= 4 is 44.9 Å². The summed E-state index contributed by atoms with van der Waals surface area (Å²) in [4.78, 5) is 10.5. The van der Waals surface area contributed by atoms with Crippen LogP contribution in [0.3, 0.4) is 0 Å². The van der Waals surface area contributed by atoms with Gasteiger partial charge >= 0.3 is 0 Å². The molecule has 0 N–H and O–H groups in total. The highest BCUT2D eigenvalue weighted by Crippen LogP contribution is 2.30. The number of nitro groups is 1. The predicted octanol–water partition coefficient (Wildman–Crippen LogP) is 6.65. The van der Waals surface area contributed by atoms with Crippen LogP contribution < -0.4 is 4.74 Å². The first kappa shape index (κ1) is 20.6. The monoisotopic (exact) mass is 468 g/mol. The minimum absolute atomic E-state index is 0.0758. The molecule has 0 saturated heterocycles. The van der Waals surface area contributed by atoms with Crippen LogP contribution in [0.1, 0.15) is 16.7 Å². The van der Waals surface area contributed by atoms with E-state index in [9.17, 15) is 15.4 Å². The Morgan fingerprint density at radius 2 is 1.97 bits per heavy atom. The second-order valence-corrected chi connectivity index (χ2v) is 7.36. The molecule has 0 atom stereocenters. The fraction of sp³-hybridized carbons (Fsp3) is 0.0455. The summed E-state index contributed by atoms with van der Waals surface area (Å²) in [6, 6.07) is 20.9. The molecule has 0 aromatic heterocycles. The molecule has 0 amide bonds. The molecular formula is C22H14BrClN2O3. The molecule has 3 rings (SSSR count). The molecule has 0 fully saturated rings. The summed E-state index contributed by atoms with van der Waals surface area (Å²) in [5.41, 5.74) is 2.17. The van der Waals surface area contributed by atoms with Gasteiger partial charge in [0.1, 0.15) is 12.4 Å². The predicted molar refractivity (Wildman–Crippen MR) is 117 cm³/mol. The zero-order valence-electron chi connectivity index (χ0n) is 15.0. The van der Waals surface area contributed by atoms with Gasteiger partial charge in [0.25, 0.3) is 5.69 Å². The van der Waals surface area contributed by atoms with Gasteiger partial charge in [0, 0.05) is 32.8 Å². The van der Waals surface area contributed by atoms with Crippen molar-refractivity contribution in [2.45, 2.75) is 6.61 Å². The lowest BCUT2D eigenvalue weighted by molar-refractivity contribution is -0.384. The van der Waals surface area contributed by atoms with Crippen molar-refractivity contribution in [1.82, 2.24) is 0 Å². The first-order valence-corrected chi connectivity index (χ1v) is 9.67. The highest BCUT2D eigenvalue weighted by molar-refractivity contribution is 9.10. The molecule has 7 heteroatoms. The van der Waals surface area contributed by atoms with E-state index in [0.29, 0.717) is 21.9 Å². The van der Waals surface area contributed by atoms with Gasteiger partial charge in [0.05, 0.1) is 16.6 Å². The summed E-state index contributed by atoms with van der Waals surface area (Å²) in [6.07, 6.45) is 1.64. The number of nitriles is 1. The molecule has 144 valence electrons. The van der Waals surface area contributed by atoms with Gasteiger partial charge in [0.15, 0.2) is 0 Å². The average molecular weight is 470 g/mol. The third-order valence-electron chi connectivity index (χ3n) is 4.10. The van der Waals surface area contributed by atoms with Crippen molar-refractivity contribution in [3.63, 3.8) is 0 Å². The van der Waals surface area contributed by atoms with Gasteiger partial charge in [-0.25, -0.2) is 0 Å². The first-order chi connectivity index (χ1) is 14.0. The van der Waals surface area contributed by atoms with Gasteiger partial charge in [-0.15, -0.1) is 0 Å². The van der Waals surface area contributed by atoms with E-state index in [1.54, 1.807) is 30.3 Å². The number of ether oxygens (including phenoxy) is 1. The Morgan fingerprint density at radius 1 is 1.17 bits per heavy atom. The van der Waals surface area contributed by atoms with Crippen molar-refractivity contribution in [2.24, 2.45) is 0 Å². The quantitative estimate of drug-likeness (QED) is 0.175. The van der Waals surface area contributed by atoms with Crippen LogP contribution in [0.2, 0.25) is 5.02 Å². The highest BCUT2D eigenvalue weighted by atomic mass is 79.9.